The summed E-state index contributed by atoms with van der Waals surface area (Å²) in [6.07, 6.45) is 1.30. The van der Waals surface area contributed by atoms with E-state index in [1.165, 1.54) is 0 Å². The van der Waals surface area contributed by atoms with E-state index in [-0.39, 0.29) is 23.7 Å². The molecule has 0 bridgehead atoms. The molecule has 1 aliphatic rings. The predicted octanol–water partition coefficient (Wildman–Crippen LogP) is -0.121. The van der Waals surface area contributed by atoms with Gasteiger partial charge in [-0.1, -0.05) is 0 Å². The Kier molecular flexibility index (Phi) is 5.73. The average molecular weight is 311 g/mol. The van der Waals surface area contributed by atoms with E-state index < -0.39 is 0 Å². The lowest BCUT2D eigenvalue weighted by Crippen LogP contribution is -2.33. The monoisotopic (exact) mass is 311 g/mol. The van der Waals surface area contributed by atoms with E-state index in [4.69, 9.17) is 4.74 Å². The maximum atomic E-state index is 11.8. The van der Waals surface area contributed by atoms with Crippen molar-refractivity contribution in [2.24, 2.45) is 0 Å². The number of nitrogens with zero attached hydrogens (tertiary/aromatic N) is 3. The van der Waals surface area contributed by atoms with Gasteiger partial charge in [0.1, 0.15) is 0 Å². The minimum atomic E-state index is -0.193. The van der Waals surface area contributed by atoms with Crippen molar-refractivity contribution in [1.82, 2.24) is 25.0 Å². The predicted molar refractivity (Wildman–Crippen MR) is 81.6 cm³/mol. The number of likely N-dealkylation sites (tertiary alicyclic amines) is 1. The zero-order valence-corrected chi connectivity index (χ0v) is 13.5. The second-order valence-corrected chi connectivity index (χ2v) is 5.44. The number of carbonyl (C=O) groups excluding carboxylic acids is 1. The highest BCUT2D eigenvalue weighted by Gasteiger charge is 2.36. The van der Waals surface area contributed by atoms with Crippen LogP contribution in [-0.4, -0.2) is 58.4 Å². The number of hydrogen-bond donors (Lipinski definition) is 2. The first-order valence-corrected chi connectivity index (χ1v) is 7.79. The summed E-state index contributed by atoms with van der Waals surface area (Å²) < 4.78 is 7.10. The molecule has 1 aliphatic heterocycles. The molecule has 0 aliphatic carbocycles. The van der Waals surface area contributed by atoms with Gasteiger partial charge in [0.05, 0.1) is 12.1 Å². The SMILES string of the molecule is CCNC(=O)CCN1C[C@@H](OC)C[C@H]1c1n[nH]c(=O)n1CC. The molecule has 0 spiro atoms. The smallest absolute Gasteiger partial charge is 0.343 e. The first kappa shape index (κ1) is 16.7. The second kappa shape index (κ2) is 7.55. The molecule has 2 atom stereocenters. The summed E-state index contributed by atoms with van der Waals surface area (Å²) in [6.45, 7) is 6.40. The maximum Gasteiger partial charge on any atom is 0.343 e. The van der Waals surface area contributed by atoms with Crippen LogP contribution in [-0.2, 0) is 16.1 Å². The standard InChI is InChI=1S/C14H25N5O3/c1-4-15-12(20)6-7-18-9-10(22-3)8-11(18)13-16-17-14(21)19(13)5-2/h10-11H,4-9H2,1-3H3,(H,15,20)(H,17,21)/t10-,11-/m0/s1. The Morgan fingerprint density at radius 1 is 1.50 bits per heavy atom. The summed E-state index contributed by atoms with van der Waals surface area (Å²) in [6, 6.07) is -0.00160. The van der Waals surface area contributed by atoms with Crippen LogP contribution in [0.25, 0.3) is 0 Å². The largest absolute Gasteiger partial charge is 0.380 e. The van der Waals surface area contributed by atoms with E-state index in [0.717, 1.165) is 18.8 Å². The Morgan fingerprint density at radius 2 is 2.27 bits per heavy atom. The highest BCUT2D eigenvalue weighted by molar-refractivity contribution is 5.75. The van der Waals surface area contributed by atoms with Gasteiger partial charge in [0.15, 0.2) is 5.82 Å². The lowest BCUT2D eigenvalue weighted by Gasteiger charge is -2.23. The number of nitrogens with one attached hydrogen (secondary N) is 2. The van der Waals surface area contributed by atoms with Crippen LogP contribution in [0.5, 0.6) is 0 Å². The van der Waals surface area contributed by atoms with Gasteiger partial charge in [0.2, 0.25) is 5.91 Å². The van der Waals surface area contributed by atoms with E-state index >= 15 is 0 Å². The summed E-state index contributed by atoms with van der Waals surface area (Å²) in [7, 11) is 1.69. The Bertz CT molecular complexity index is 553. The van der Waals surface area contributed by atoms with Gasteiger partial charge in [-0.2, -0.15) is 5.10 Å². The summed E-state index contributed by atoms with van der Waals surface area (Å²) in [5, 5.41) is 9.50. The van der Waals surface area contributed by atoms with Crippen molar-refractivity contribution in [3.8, 4) is 0 Å². The molecule has 1 saturated heterocycles. The molecule has 2 rings (SSSR count). The molecule has 1 amide bonds. The molecule has 8 heteroatoms. The Balaban J connectivity index is 2.12. The minimum absolute atomic E-state index is 0.00160. The summed E-state index contributed by atoms with van der Waals surface area (Å²) in [5.41, 5.74) is -0.193. The zero-order chi connectivity index (χ0) is 16.1. The van der Waals surface area contributed by atoms with Crippen LogP contribution in [0.4, 0.5) is 0 Å². The lowest BCUT2D eigenvalue weighted by atomic mass is 10.2. The average Bonchev–Trinajstić information content (AvgIpc) is 3.08. The number of amides is 1. The molecule has 8 nitrogen and oxygen atoms in total. The number of hydrogen-bond acceptors (Lipinski definition) is 5. The fraction of sp³-hybridized carbons (Fsp3) is 0.786. The van der Waals surface area contributed by atoms with Crippen LogP contribution in [0, 0.1) is 0 Å². The Hall–Kier alpha value is -1.67. The van der Waals surface area contributed by atoms with Crippen LogP contribution in [0.3, 0.4) is 0 Å². The molecule has 2 N–H and O–H groups in total. The van der Waals surface area contributed by atoms with Gasteiger partial charge in [-0.05, 0) is 20.3 Å². The van der Waals surface area contributed by atoms with Crippen molar-refractivity contribution in [3.05, 3.63) is 16.3 Å². The van der Waals surface area contributed by atoms with Gasteiger partial charge in [-0.15, -0.1) is 0 Å². The van der Waals surface area contributed by atoms with Gasteiger partial charge in [-0.3, -0.25) is 14.3 Å². The van der Waals surface area contributed by atoms with Gasteiger partial charge in [-0.25, -0.2) is 9.89 Å². The van der Waals surface area contributed by atoms with Crippen LogP contribution in [0.15, 0.2) is 4.79 Å². The number of carbonyl (C=O) groups is 1. The molecule has 2 heterocycles. The van der Waals surface area contributed by atoms with Crippen molar-refractivity contribution >= 4 is 5.91 Å². The fourth-order valence-corrected chi connectivity index (χ4v) is 2.97. The van der Waals surface area contributed by atoms with Crippen molar-refractivity contribution < 1.29 is 9.53 Å². The third-order valence-corrected chi connectivity index (χ3v) is 4.10. The van der Waals surface area contributed by atoms with Crippen LogP contribution < -0.4 is 11.0 Å². The molecule has 124 valence electrons. The topological polar surface area (TPSA) is 92.2 Å². The van der Waals surface area contributed by atoms with Crippen molar-refractivity contribution in [2.45, 2.75) is 45.4 Å². The molecule has 1 aromatic rings. The first-order valence-electron chi connectivity index (χ1n) is 7.79. The normalized spacial score (nSPS) is 22.1. The molecule has 1 aromatic heterocycles. The van der Waals surface area contributed by atoms with E-state index in [9.17, 15) is 9.59 Å². The second-order valence-electron chi connectivity index (χ2n) is 5.44. The van der Waals surface area contributed by atoms with Gasteiger partial charge < -0.3 is 10.1 Å². The highest BCUT2D eigenvalue weighted by Crippen LogP contribution is 2.31. The Morgan fingerprint density at radius 3 is 2.91 bits per heavy atom. The third-order valence-electron chi connectivity index (χ3n) is 4.10. The van der Waals surface area contributed by atoms with E-state index in [2.05, 4.69) is 20.4 Å². The van der Waals surface area contributed by atoms with E-state index in [1.54, 1.807) is 11.7 Å². The number of H-pyrrole nitrogens is 1. The number of rotatable bonds is 7. The molecule has 0 unspecified atom stereocenters. The molecule has 0 aromatic carbocycles. The molecule has 0 radical (unpaired) electrons. The molecule has 0 saturated carbocycles. The molecule has 22 heavy (non-hydrogen) atoms. The number of methoxy groups -OCH3 is 1. The van der Waals surface area contributed by atoms with E-state index in [0.29, 0.717) is 26.1 Å². The van der Waals surface area contributed by atoms with Gasteiger partial charge in [0.25, 0.3) is 0 Å². The van der Waals surface area contributed by atoms with Gasteiger partial charge in [0, 0.05) is 39.7 Å². The quantitative estimate of drug-likeness (QED) is 0.732. The minimum Gasteiger partial charge on any atom is -0.380 e. The van der Waals surface area contributed by atoms with Gasteiger partial charge >= 0.3 is 5.69 Å². The summed E-state index contributed by atoms with van der Waals surface area (Å²) in [4.78, 5) is 25.6. The summed E-state index contributed by atoms with van der Waals surface area (Å²) in [5.74, 6) is 0.764. The summed E-state index contributed by atoms with van der Waals surface area (Å²) >= 11 is 0. The molecular formula is C14H25N5O3. The van der Waals surface area contributed by atoms with E-state index in [1.807, 2.05) is 13.8 Å². The van der Waals surface area contributed by atoms with Crippen LogP contribution in [0.2, 0.25) is 0 Å². The van der Waals surface area contributed by atoms with Crippen LogP contribution in [0.1, 0.15) is 38.6 Å². The lowest BCUT2D eigenvalue weighted by molar-refractivity contribution is -0.121. The molecular weight excluding hydrogens is 286 g/mol. The Labute approximate surface area is 129 Å². The maximum absolute atomic E-state index is 11.8. The van der Waals surface area contributed by atoms with Crippen LogP contribution >= 0.6 is 0 Å². The zero-order valence-electron chi connectivity index (χ0n) is 13.5. The van der Waals surface area contributed by atoms with Crippen molar-refractivity contribution in [1.29, 1.82) is 0 Å². The number of aromatic amines is 1. The van der Waals surface area contributed by atoms with Crippen molar-refractivity contribution in [2.75, 3.05) is 26.7 Å². The van der Waals surface area contributed by atoms with Crippen molar-refractivity contribution in [3.63, 3.8) is 0 Å². The highest BCUT2D eigenvalue weighted by atomic mass is 16.5. The number of aromatic nitrogens is 3. The molecule has 1 fully saturated rings. The fourth-order valence-electron chi connectivity index (χ4n) is 2.97. The first-order chi connectivity index (χ1) is 10.6. The third kappa shape index (κ3) is 3.56. The number of ether oxygens (including phenoxy) is 1.